The molecule has 0 spiro atoms. The zero-order valence-electron chi connectivity index (χ0n) is 10.7. The normalized spacial score (nSPS) is 22.9. The lowest BCUT2D eigenvalue weighted by Crippen LogP contribution is -2.43. The van der Waals surface area contributed by atoms with E-state index in [0.29, 0.717) is 6.04 Å². The molecule has 1 fully saturated rings. The summed E-state index contributed by atoms with van der Waals surface area (Å²) in [7, 11) is -2.86. The molecule has 1 saturated carbocycles. The van der Waals surface area contributed by atoms with Crippen molar-refractivity contribution in [2.75, 3.05) is 12.0 Å². The minimum Gasteiger partial charge on any atom is -0.310 e. The molecule has 0 aliphatic heterocycles. The fourth-order valence-corrected chi connectivity index (χ4v) is 3.73. The third kappa shape index (κ3) is 5.30. The zero-order valence-corrected chi connectivity index (χ0v) is 11.5. The Bertz CT molecular complexity index is 294. The Labute approximate surface area is 99.9 Å². The van der Waals surface area contributed by atoms with Crippen LogP contribution >= 0.6 is 0 Å². The average molecular weight is 247 g/mol. The second-order valence-corrected chi connectivity index (χ2v) is 7.53. The van der Waals surface area contributed by atoms with E-state index < -0.39 is 9.84 Å². The van der Waals surface area contributed by atoms with Crippen LogP contribution in [0.15, 0.2) is 0 Å². The van der Waals surface area contributed by atoms with Crippen LogP contribution in [-0.4, -0.2) is 32.5 Å². The van der Waals surface area contributed by atoms with Crippen molar-refractivity contribution in [2.24, 2.45) is 5.92 Å². The van der Waals surface area contributed by atoms with E-state index in [1.54, 1.807) is 0 Å². The van der Waals surface area contributed by atoms with Gasteiger partial charge in [0.1, 0.15) is 9.84 Å². The standard InChI is InChI=1S/C12H25NO2S/c1-10(9-16(3,14)15)13-11(2)12-7-5-4-6-8-12/h10-13H,4-9H2,1-3H3. The first-order chi connectivity index (χ1) is 7.38. The van der Waals surface area contributed by atoms with Gasteiger partial charge in [0.2, 0.25) is 0 Å². The molecule has 1 aliphatic rings. The van der Waals surface area contributed by atoms with Gasteiger partial charge in [0.25, 0.3) is 0 Å². The maximum atomic E-state index is 11.2. The molecular weight excluding hydrogens is 222 g/mol. The van der Waals surface area contributed by atoms with Gasteiger partial charge in [0.05, 0.1) is 5.75 Å². The number of nitrogens with one attached hydrogen (secondary N) is 1. The fraction of sp³-hybridized carbons (Fsp3) is 1.00. The number of hydrogen-bond donors (Lipinski definition) is 1. The summed E-state index contributed by atoms with van der Waals surface area (Å²) in [5.74, 6) is 0.972. The van der Waals surface area contributed by atoms with Crippen LogP contribution in [0.5, 0.6) is 0 Å². The van der Waals surface area contributed by atoms with Crippen LogP contribution in [0.25, 0.3) is 0 Å². The zero-order chi connectivity index (χ0) is 12.2. The Morgan fingerprint density at radius 3 is 2.25 bits per heavy atom. The summed E-state index contributed by atoms with van der Waals surface area (Å²) in [6.07, 6.45) is 7.91. The highest BCUT2D eigenvalue weighted by Gasteiger charge is 2.22. The molecule has 96 valence electrons. The highest BCUT2D eigenvalue weighted by molar-refractivity contribution is 7.90. The van der Waals surface area contributed by atoms with Crippen molar-refractivity contribution in [3.63, 3.8) is 0 Å². The average Bonchev–Trinajstić information content (AvgIpc) is 2.16. The van der Waals surface area contributed by atoms with E-state index in [2.05, 4.69) is 12.2 Å². The number of sulfone groups is 1. The molecule has 3 nitrogen and oxygen atoms in total. The van der Waals surface area contributed by atoms with Crippen molar-refractivity contribution in [2.45, 2.75) is 58.0 Å². The van der Waals surface area contributed by atoms with Gasteiger partial charge in [-0.15, -0.1) is 0 Å². The summed E-state index contributed by atoms with van der Waals surface area (Å²) in [4.78, 5) is 0. The predicted octanol–water partition coefficient (Wildman–Crippen LogP) is 1.98. The molecule has 0 saturated heterocycles. The van der Waals surface area contributed by atoms with E-state index in [4.69, 9.17) is 0 Å². The van der Waals surface area contributed by atoms with Crippen LogP contribution in [0.3, 0.4) is 0 Å². The minimum absolute atomic E-state index is 0.0620. The lowest BCUT2D eigenvalue weighted by molar-refractivity contribution is 0.271. The molecule has 1 N–H and O–H groups in total. The SMILES string of the molecule is CC(CS(C)(=O)=O)NC(C)C1CCCCC1. The quantitative estimate of drug-likeness (QED) is 0.808. The summed E-state index contributed by atoms with van der Waals surface area (Å²) in [6, 6.07) is 0.504. The van der Waals surface area contributed by atoms with Gasteiger partial charge in [-0.3, -0.25) is 0 Å². The van der Waals surface area contributed by atoms with Gasteiger partial charge in [-0.25, -0.2) is 8.42 Å². The first-order valence-corrected chi connectivity index (χ1v) is 8.38. The van der Waals surface area contributed by atoms with Gasteiger partial charge in [0, 0.05) is 18.3 Å². The van der Waals surface area contributed by atoms with E-state index in [1.807, 2.05) is 6.92 Å². The van der Waals surface area contributed by atoms with Crippen molar-refractivity contribution in [1.82, 2.24) is 5.32 Å². The number of hydrogen-bond acceptors (Lipinski definition) is 3. The van der Waals surface area contributed by atoms with Gasteiger partial charge in [-0.2, -0.15) is 0 Å². The first-order valence-electron chi connectivity index (χ1n) is 6.32. The van der Waals surface area contributed by atoms with Gasteiger partial charge in [-0.1, -0.05) is 19.3 Å². The molecule has 0 heterocycles. The molecule has 0 radical (unpaired) electrons. The lowest BCUT2D eigenvalue weighted by atomic mass is 9.84. The van der Waals surface area contributed by atoms with Crippen LogP contribution in [0.1, 0.15) is 46.0 Å². The van der Waals surface area contributed by atoms with Crippen LogP contribution in [0.4, 0.5) is 0 Å². The molecule has 1 rings (SSSR count). The Kier molecular flexibility index (Phi) is 5.25. The van der Waals surface area contributed by atoms with E-state index in [9.17, 15) is 8.42 Å². The number of rotatable bonds is 5. The van der Waals surface area contributed by atoms with Gasteiger partial charge >= 0.3 is 0 Å². The van der Waals surface area contributed by atoms with Crippen molar-refractivity contribution < 1.29 is 8.42 Å². The fourth-order valence-electron chi connectivity index (χ4n) is 2.72. The Morgan fingerprint density at radius 1 is 1.19 bits per heavy atom. The topological polar surface area (TPSA) is 46.2 Å². The van der Waals surface area contributed by atoms with Crippen LogP contribution in [0.2, 0.25) is 0 Å². The van der Waals surface area contributed by atoms with E-state index in [-0.39, 0.29) is 11.8 Å². The molecule has 0 bridgehead atoms. The summed E-state index contributed by atoms with van der Waals surface area (Å²) in [5, 5.41) is 3.43. The molecule has 1 aliphatic carbocycles. The lowest BCUT2D eigenvalue weighted by Gasteiger charge is -2.30. The molecule has 0 amide bonds. The van der Waals surface area contributed by atoms with Crippen molar-refractivity contribution >= 4 is 9.84 Å². The maximum Gasteiger partial charge on any atom is 0.148 e. The molecule has 2 unspecified atom stereocenters. The highest BCUT2D eigenvalue weighted by atomic mass is 32.2. The smallest absolute Gasteiger partial charge is 0.148 e. The third-order valence-electron chi connectivity index (χ3n) is 3.46. The molecule has 2 atom stereocenters. The highest BCUT2D eigenvalue weighted by Crippen LogP contribution is 2.26. The summed E-state index contributed by atoms with van der Waals surface area (Å²) >= 11 is 0. The summed E-state index contributed by atoms with van der Waals surface area (Å²) < 4.78 is 22.3. The van der Waals surface area contributed by atoms with E-state index in [0.717, 1.165) is 5.92 Å². The van der Waals surface area contributed by atoms with Crippen molar-refractivity contribution in [3.05, 3.63) is 0 Å². The van der Waals surface area contributed by atoms with Crippen LogP contribution in [-0.2, 0) is 9.84 Å². The van der Waals surface area contributed by atoms with Crippen LogP contribution in [0, 0.1) is 5.92 Å². The first kappa shape index (κ1) is 14.0. The summed E-state index contributed by atoms with van der Waals surface area (Å²) in [5.41, 5.74) is 0. The minimum atomic E-state index is -2.86. The van der Waals surface area contributed by atoms with Crippen molar-refractivity contribution in [3.8, 4) is 0 Å². The predicted molar refractivity (Wildman–Crippen MR) is 68.3 cm³/mol. The molecule has 0 aromatic heterocycles. The summed E-state index contributed by atoms with van der Waals surface area (Å²) in [6.45, 7) is 4.15. The molecule has 16 heavy (non-hydrogen) atoms. The van der Waals surface area contributed by atoms with Gasteiger partial charge < -0.3 is 5.32 Å². The van der Waals surface area contributed by atoms with Crippen molar-refractivity contribution in [1.29, 1.82) is 0 Å². The molecule has 0 aromatic rings. The Balaban J connectivity index is 2.34. The van der Waals surface area contributed by atoms with E-state index in [1.165, 1.54) is 38.4 Å². The maximum absolute atomic E-state index is 11.2. The largest absolute Gasteiger partial charge is 0.310 e. The van der Waals surface area contributed by atoms with E-state index >= 15 is 0 Å². The second-order valence-electron chi connectivity index (χ2n) is 5.35. The Hall–Kier alpha value is -0.0900. The monoisotopic (exact) mass is 247 g/mol. The molecular formula is C12H25NO2S. The second kappa shape index (κ2) is 6.01. The molecule has 0 aromatic carbocycles. The Morgan fingerprint density at radius 2 is 1.75 bits per heavy atom. The van der Waals surface area contributed by atoms with Gasteiger partial charge in [-0.05, 0) is 32.6 Å². The van der Waals surface area contributed by atoms with Crippen LogP contribution < -0.4 is 5.32 Å². The third-order valence-corrected chi connectivity index (χ3v) is 4.56. The van der Waals surface area contributed by atoms with Gasteiger partial charge in [0.15, 0.2) is 0 Å². The molecule has 4 heteroatoms.